The lowest BCUT2D eigenvalue weighted by Crippen LogP contribution is -2.52. The standard InChI is InChI=1S/C15H28N2O2/c1-15(2,14(18)19-3)12-16-8-10-17(11-9-16)13-6-4-5-7-13/h13H,4-12H2,1-3H3. The maximum absolute atomic E-state index is 11.7. The molecule has 0 aromatic carbocycles. The van der Waals surface area contributed by atoms with Crippen LogP contribution in [0.25, 0.3) is 0 Å². The molecule has 0 N–H and O–H groups in total. The molecule has 2 aliphatic rings. The molecule has 0 unspecified atom stereocenters. The van der Waals surface area contributed by atoms with E-state index in [0.717, 1.165) is 38.8 Å². The Morgan fingerprint density at radius 1 is 1.16 bits per heavy atom. The van der Waals surface area contributed by atoms with Crippen LogP contribution < -0.4 is 0 Å². The molecular formula is C15H28N2O2. The van der Waals surface area contributed by atoms with Crippen LogP contribution in [-0.2, 0) is 9.53 Å². The Morgan fingerprint density at radius 3 is 2.26 bits per heavy atom. The quantitative estimate of drug-likeness (QED) is 0.727. The summed E-state index contributed by atoms with van der Waals surface area (Å²) in [7, 11) is 1.47. The van der Waals surface area contributed by atoms with E-state index in [0.29, 0.717) is 0 Å². The van der Waals surface area contributed by atoms with Gasteiger partial charge in [-0.05, 0) is 26.7 Å². The van der Waals surface area contributed by atoms with Crippen LogP contribution in [0.4, 0.5) is 0 Å². The molecule has 4 heteroatoms. The summed E-state index contributed by atoms with van der Waals surface area (Å²) < 4.78 is 4.88. The summed E-state index contributed by atoms with van der Waals surface area (Å²) in [6.45, 7) is 9.22. The van der Waals surface area contributed by atoms with Crippen molar-refractivity contribution in [2.75, 3.05) is 39.8 Å². The Balaban J connectivity index is 1.78. The van der Waals surface area contributed by atoms with Gasteiger partial charge in [-0.1, -0.05) is 12.8 Å². The number of carbonyl (C=O) groups excluding carboxylic acids is 1. The highest BCUT2D eigenvalue weighted by Crippen LogP contribution is 2.25. The molecular weight excluding hydrogens is 240 g/mol. The first-order valence-electron chi connectivity index (χ1n) is 7.58. The first kappa shape index (κ1) is 14.8. The second-order valence-corrected chi connectivity index (χ2v) is 6.63. The summed E-state index contributed by atoms with van der Waals surface area (Å²) in [5.41, 5.74) is -0.399. The lowest BCUT2D eigenvalue weighted by Gasteiger charge is -2.40. The number of carbonyl (C=O) groups is 1. The van der Waals surface area contributed by atoms with Crippen LogP contribution in [0.5, 0.6) is 0 Å². The molecule has 110 valence electrons. The average molecular weight is 268 g/mol. The first-order valence-corrected chi connectivity index (χ1v) is 7.58. The highest BCUT2D eigenvalue weighted by atomic mass is 16.5. The van der Waals surface area contributed by atoms with Crippen LogP contribution >= 0.6 is 0 Å². The second-order valence-electron chi connectivity index (χ2n) is 6.63. The van der Waals surface area contributed by atoms with E-state index in [-0.39, 0.29) is 5.97 Å². The van der Waals surface area contributed by atoms with Crippen molar-refractivity contribution in [1.29, 1.82) is 0 Å². The molecule has 2 fully saturated rings. The van der Waals surface area contributed by atoms with Crippen molar-refractivity contribution in [3.63, 3.8) is 0 Å². The Labute approximate surface area is 117 Å². The van der Waals surface area contributed by atoms with E-state index >= 15 is 0 Å². The Morgan fingerprint density at radius 2 is 1.74 bits per heavy atom. The van der Waals surface area contributed by atoms with Crippen LogP contribution in [-0.4, -0.2) is 61.6 Å². The SMILES string of the molecule is COC(=O)C(C)(C)CN1CCN(C2CCCC2)CC1. The maximum atomic E-state index is 11.7. The van der Waals surface area contributed by atoms with E-state index in [1.807, 2.05) is 13.8 Å². The third-order valence-corrected chi connectivity index (χ3v) is 4.60. The molecule has 4 nitrogen and oxygen atoms in total. The molecule has 1 aliphatic carbocycles. The number of methoxy groups -OCH3 is 1. The fourth-order valence-corrected chi connectivity index (χ4v) is 3.46. The van der Waals surface area contributed by atoms with Gasteiger partial charge in [0, 0.05) is 38.8 Å². The predicted octanol–water partition coefficient (Wildman–Crippen LogP) is 1.75. The lowest BCUT2D eigenvalue weighted by molar-refractivity contribution is -0.152. The third-order valence-electron chi connectivity index (χ3n) is 4.60. The molecule has 1 aliphatic heterocycles. The molecule has 1 heterocycles. The number of hydrogen-bond acceptors (Lipinski definition) is 4. The zero-order chi connectivity index (χ0) is 13.9. The average Bonchev–Trinajstić information content (AvgIpc) is 2.92. The van der Waals surface area contributed by atoms with Crippen molar-refractivity contribution in [2.45, 2.75) is 45.6 Å². The van der Waals surface area contributed by atoms with E-state index in [4.69, 9.17) is 4.74 Å². The molecule has 2 rings (SSSR count). The second kappa shape index (κ2) is 6.23. The van der Waals surface area contributed by atoms with Crippen LogP contribution in [0.15, 0.2) is 0 Å². The minimum absolute atomic E-state index is 0.106. The fourth-order valence-electron chi connectivity index (χ4n) is 3.46. The summed E-state index contributed by atoms with van der Waals surface area (Å²) >= 11 is 0. The van der Waals surface area contributed by atoms with Gasteiger partial charge in [0.15, 0.2) is 0 Å². The maximum Gasteiger partial charge on any atom is 0.312 e. The topological polar surface area (TPSA) is 32.8 Å². The predicted molar refractivity (Wildman–Crippen MR) is 76.1 cm³/mol. The van der Waals surface area contributed by atoms with Gasteiger partial charge in [-0.15, -0.1) is 0 Å². The van der Waals surface area contributed by atoms with Crippen molar-refractivity contribution in [3.05, 3.63) is 0 Å². The molecule has 1 saturated carbocycles. The number of hydrogen-bond donors (Lipinski definition) is 0. The lowest BCUT2D eigenvalue weighted by atomic mass is 9.92. The molecule has 1 saturated heterocycles. The minimum Gasteiger partial charge on any atom is -0.469 e. The summed E-state index contributed by atoms with van der Waals surface area (Å²) in [5, 5.41) is 0. The van der Waals surface area contributed by atoms with E-state index in [1.165, 1.54) is 32.8 Å². The summed E-state index contributed by atoms with van der Waals surface area (Å²) in [6, 6.07) is 0.829. The normalized spacial score (nSPS) is 23.7. The smallest absolute Gasteiger partial charge is 0.312 e. The van der Waals surface area contributed by atoms with Crippen LogP contribution in [0.1, 0.15) is 39.5 Å². The van der Waals surface area contributed by atoms with Gasteiger partial charge in [-0.25, -0.2) is 0 Å². The number of piperazine rings is 1. The Bertz CT molecular complexity index is 303. The summed E-state index contributed by atoms with van der Waals surface area (Å²) in [6.07, 6.45) is 5.57. The van der Waals surface area contributed by atoms with Crippen molar-refractivity contribution in [1.82, 2.24) is 9.80 Å². The number of ether oxygens (including phenoxy) is 1. The fraction of sp³-hybridized carbons (Fsp3) is 0.933. The zero-order valence-corrected chi connectivity index (χ0v) is 12.7. The highest BCUT2D eigenvalue weighted by Gasteiger charge is 2.33. The van der Waals surface area contributed by atoms with Gasteiger partial charge in [-0.2, -0.15) is 0 Å². The molecule has 0 amide bonds. The summed E-state index contributed by atoms with van der Waals surface area (Å²) in [4.78, 5) is 16.8. The van der Waals surface area contributed by atoms with E-state index in [2.05, 4.69) is 9.80 Å². The van der Waals surface area contributed by atoms with Gasteiger partial charge in [-0.3, -0.25) is 14.6 Å². The van der Waals surface area contributed by atoms with Gasteiger partial charge < -0.3 is 4.74 Å². The van der Waals surface area contributed by atoms with Crippen LogP contribution in [0, 0.1) is 5.41 Å². The van der Waals surface area contributed by atoms with Crippen molar-refractivity contribution < 1.29 is 9.53 Å². The number of esters is 1. The van der Waals surface area contributed by atoms with E-state index in [9.17, 15) is 4.79 Å². The van der Waals surface area contributed by atoms with Crippen LogP contribution in [0.2, 0.25) is 0 Å². The third kappa shape index (κ3) is 3.69. The van der Waals surface area contributed by atoms with Crippen molar-refractivity contribution in [2.24, 2.45) is 5.41 Å². The van der Waals surface area contributed by atoms with Gasteiger partial charge >= 0.3 is 5.97 Å². The molecule has 0 spiro atoms. The first-order chi connectivity index (χ1) is 9.03. The highest BCUT2D eigenvalue weighted by molar-refractivity contribution is 5.76. The van der Waals surface area contributed by atoms with Crippen LogP contribution in [0.3, 0.4) is 0 Å². The monoisotopic (exact) mass is 268 g/mol. The van der Waals surface area contributed by atoms with E-state index < -0.39 is 5.41 Å². The number of nitrogens with zero attached hydrogens (tertiary/aromatic N) is 2. The van der Waals surface area contributed by atoms with Gasteiger partial charge in [0.25, 0.3) is 0 Å². The molecule has 19 heavy (non-hydrogen) atoms. The van der Waals surface area contributed by atoms with Gasteiger partial charge in [0.05, 0.1) is 12.5 Å². The van der Waals surface area contributed by atoms with Gasteiger partial charge in [0.1, 0.15) is 0 Å². The van der Waals surface area contributed by atoms with Gasteiger partial charge in [0.2, 0.25) is 0 Å². The molecule has 0 bridgehead atoms. The van der Waals surface area contributed by atoms with E-state index in [1.54, 1.807) is 0 Å². The number of rotatable bonds is 4. The van der Waals surface area contributed by atoms with Crippen molar-refractivity contribution >= 4 is 5.97 Å². The molecule has 0 radical (unpaired) electrons. The molecule has 0 atom stereocenters. The largest absolute Gasteiger partial charge is 0.469 e. The minimum atomic E-state index is -0.399. The zero-order valence-electron chi connectivity index (χ0n) is 12.7. The molecule has 0 aromatic rings. The summed E-state index contributed by atoms with van der Waals surface area (Å²) in [5.74, 6) is -0.106. The van der Waals surface area contributed by atoms with Crippen molar-refractivity contribution in [3.8, 4) is 0 Å². The molecule has 0 aromatic heterocycles. The Hall–Kier alpha value is -0.610. The Kier molecular flexibility index (Phi) is 4.85.